The lowest BCUT2D eigenvalue weighted by molar-refractivity contribution is -0.116. The molecule has 0 saturated carbocycles. The highest BCUT2D eigenvalue weighted by Gasteiger charge is 2.22. The molecule has 0 aromatic carbocycles. The monoisotopic (exact) mass is 341 g/mol. The highest BCUT2D eigenvalue weighted by molar-refractivity contribution is 8.06. The summed E-state index contributed by atoms with van der Waals surface area (Å²) in [6.07, 6.45) is 2.69. The molecule has 1 atom stereocenters. The van der Waals surface area contributed by atoms with E-state index >= 15 is 0 Å². The van der Waals surface area contributed by atoms with E-state index in [-0.39, 0.29) is 5.91 Å². The lowest BCUT2D eigenvalue weighted by Crippen LogP contribution is -2.27. The van der Waals surface area contributed by atoms with Gasteiger partial charge in [-0.3, -0.25) is 10.1 Å². The Bertz CT molecular complexity index is 509. The van der Waals surface area contributed by atoms with Crippen molar-refractivity contribution in [1.29, 1.82) is 0 Å². The maximum atomic E-state index is 12.2. The lowest BCUT2D eigenvalue weighted by Gasteiger charge is -2.20. The standard InChI is InChI=1S/C14H23N5OS2/c1-19-14(16-12(20)8-11-9-21-6-7-22-11)17-13(18-19)10-2-4-15-5-3-10/h10-11,15H,2-9H2,1H3,(H,16,17,18,20). The van der Waals surface area contributed by atoms with Gasteiger partial charge in [0, 0.05) is 41.9 Å². The molecule has 3 rings (SSSR count). The number of anilines is 1. The first-order valence-corrected chi connectivity index (χ1v) is 10.0. The molecule has 22 heavy (non-hydrogen) atoms. The van der Waals surface area contributed by atoms with Crippen molar-refractivity contribution in [2.24, 2.45) is 7.05 Å². The zero-order valence-electron chi connectivity index (χ0n) is 12.9. The molecule has 0 spiro atoms. The van der Waals surface area contributed by atoms with E-state index in [0.29, 0.717) is 23.5 Å². The van der Waals surface area contributed by atoms with Crippen LogP contribution in [0.2, 0.25) is 0 Å². The summed E-state index contributed by atoms with van der Waals surface area (Å²) in [7, 11) is 1.85. The number of nitrogens with one attached hydrogen (secondary N) is 2. The molecule has 0 radical (unpaired) electrons. The van der Waals surface area contributed by atoms with E-state index in [2.05, 4.69) is 20.7 Å². The summed E-state index contributed by atoms with van der Waals surface area (Å²) in [6.45, 7) is 2.03. The second-order valence-corrected chi connectivity index (χ2v) is 8.32. The summed E-state index contributed by atoms with van der Waals surface area (Å²) in [5.41, 5.74) is 0. The van der Waals surface area contributed by atoms with E-state index in [4.69, 9.17) is 0 Å². The second-order valence-electron chi connectivity index (χ2n) is 5.76. The van der Waals surface area contributed by atoms with Crippen LogP contribution in [0.5, 0.6) is 0 Å². The molecule has 8 heteroatoms. The molecule has 0 bridgehead atoms. The topological polar surface area (TPSA) is 71.8 Å². The minimum Gasteiger partial charge on any atom is -0.317 e. The third-order valence-corrected chi connectivity index (χ3v) is 6.88. The fourth-order valence-electron chi connectivity index (χ4n) is 2.80. The van der Waals surface area contributed by atoms with Crippen LogP contribution in [0.15, 0.2) is 0 Å². The van der Waals surface area contributed by atoms with Crippen LogP contribution in [0.3, 0.4) is 0 Å². The molecule has 2 fully saturated rings. The number of nitrogens with zero attached hydrogens (tertiary/aromatic N) is 3. The Hall–Kier alpha value is -0.730. The third kappa shape index (κ3) is 4.17. The van der Waals surface area contributed by atoms with Crippen LogP contribution < -0.4 is 10.6 Å². The van der Waals surface area contributed by atoms with E-state index in [9.17, 15) is 4.79 Å². The maximum absolute atomic E-state index is 12.2. The van der Waals surface area contributed by atoms with Crippen molar-refractivity contribution in [3.05, 3.63) is 5.82 Å². The number of thioether (sulfide) groups is 2. The van der Waals surface area contributed by atoms with Gasteiger partial charge in [0.1, 0.15) is 0 Å². The van der Waals surface area contributed by atoms with Gasteiger partial charge in [-0.05, 0) is 25.9 Å². The van der Waals surface area contributed by atoms with E-state index in [1.165, 1.54) is 5.75 Å². The van der Waals surface area contributed by atoms with Crippen LogP contribution in [0.25, 0.3) is 0 Å². The average Bonchev–Trinajstić information content (AvgIpc) is 2.90. The second kappa shape index (κ2) is 7.70. The van der Waals surface area contributed by atoms with Crippen LogP contribution in [0.4, 0.5) is 5.95 Å². The van der Waals surface area contributed by atoms with Gasteiger partial charge in [-0.2, -0.15) is 33.6 Å². The van der Waals surface area contributed by atoms with Crippen LogP contribution in [0.1, 0.15) is 31.0 Å². The van der Waals surface area contributed by atoms with Crippen molar-refractivity contribution >= 4 is 35.4 Å². The molecule has 1 amide bonds. The van der Waals surface area contributed by atoms with Gasteiger partial charge in [0.2, 0.25) is 11.9 Å². The summed E-state index contributed by atoms with van der Waals surface area (Å²) in [6, 6.07) is 0. The van der Waals surface area contributed by atoms with Gasteiger partial charge in [-0.15, -0.1) is 0 Å². The molecular weight excluding hydrogens is 318 g/mol. The molecule has 0 aliphatic carbocycles. The fraction of sp³-hybridized carbons (Fsp3) is 0.786. The third-order valence-electron chi connectivity index (χ3n) is 4.03. The lowest BCUT2D eigenvalue weighted by atomic mass is 9.98. The smallest absolute Gasteiger partial charge is 0.227 e. The quantitative estimate of drug-likeness (QED) is 0.864. The molecule has 3 heterocycles. The zero-order chi connectivity index (χ0) is 15.4. The SMILES string of the molecule is Cn1nc(C2CCNCC2)nc1NC(=O)CC1CSCCS1. The van der Waals surface area contributed by atoms with E-state index in [0.717, 1.165) is 43.3 Å². The summed E-state index contributed by atoms with van der Waals surface area (Å²) < 4.78 is 1.69. The maximum Gasteiger partial charge on any atom is 0.227 e. The molecule has 1 aromatic heterocycles. The minimum atomic E-state index is 0.0485. The molecule has 2 saturated heterocycles. The first kappa shape index (κ1) is 16.1. The Morgan fingerprint density at radius 1 is 1.41 bits per heavy atom. The number of rotatable bonds is 4. The Balaban J connectivity index is 1.57. The van der Waals surface area contributed by atoms with Crippen molar-refractivity contribution in [2.45, 2.75) is 30.4 Å². The molecule has 2 N–H and O–H groups in total. The predicted octanol–water partition coefficient (Wildman–Crippen LogP) is 1.46. The van der Waals surface area contributed by atoms with Gasteiger partial charge in [0.05, 0.1) is 0 Å². The number of carbonyl (C=O) groups is 1. The number of hydrogen-bond acceptors (Lipinski definition) is 6. The largest absolute Gasteiger partial charge is 0.317 e. The van der Waals surface area contributed by atoms with Crippen LogP contribution >= 0.6 is 23.5 Å². The average molecular weight is 342 g/mol. The number of carbonyl (C=O) groups excluding carboxylic acids is 1. The van der Waals surface area contributed by atoms with Crippen LogP contribution in [-0.2, 0) is 11.8 Å². The van der Waals surface area contributed by atoms with Crippen molar-refractivity contribution in [3.63, 3.8) is 0 Å². The van der Waals surface area contributed by atoms with Gasteiger partial charge in [-0.25, -0.2) is 4.68 Å². The van der Waals surface area contributed by atoms with Crippen molar-refractivity contribution in [3.8, 4) is 0 Å². The van der Waals surface area contributed by atoms with Gasteiger partial charge in [-0.1, -0.05) is 0 Å². The summed E-state index contributed by atoms with van der Waals surface area (Å²) in [4.78, 5) is 16.7. The number of hydrogen-bond donors (Lipinski definition) is 2. The van der Waals surface area contributed by atoms with Crippen LogP contribution in [-0.4, -0.2) is 56.3 Å². The summed E-state index contributed by atoms with van der Waals surface area (Å²) in [5, 5.41) is 11.2. The fourth-order valence-corrected chi connectivity index (χ4v) is 5.48. The molecular formula is C14H23N5OS2. The number of aromatic nitrogens is 3. The first-order chi connectivity index (χ1) is 10.7. The normalized spacial score (nSPS) is 23.4. The van der Waals surface area contributed by atoms with Crippen molar-refractivity contribution < 1.29 is 4.79 Å². The molecule has 2 aliphatic heterocycles. The van der Waals surface area contributed by atoms with Gasteiger partial charge in [0.15, 0.2) is 5.82 Å². The predicted molar refractivity (Wildman–Crippen MR) is 92.7 cm³/mol. The summed E-state index contributed by atoms with van der Waals surface area (Å²) in [5.74, 6) is 5.31. The van der Waals surface area contributed by atoms with Gasteiger partial charge < -0.3 is 5.32 Å². The Morgan fingerprint density at radius 2 is 2.23 bits per heavy atom. The Labute approximate surface area is 139 Å². The van der Waals surface area contributed by atoms with Gasteiger partial charge in [0.25, 0.3) is 0 Å². The van der Waals surface area contributed by atoms with E-state index in [1.54, 1.807) is 4.68 Å². The highest BCUT2D eigenvalue weighted by Crippen LogP contribution is 2.27. The van der Waals surface area contributed by atoms with Crippen LogP contribution in [0, 0.1) is 0 Å². The van der Waals surface area contributed by atoms with Gasteiger partial charge >= 0.3 is 0 Å². The number of aryl methyl sites for hydroxylation is 1. The Morgan fingerprint density at radius 3 is 2.95 bits per heavy atom. The highest BCUT2D eigenvalue weighted by atomic mass is 32.2. The Kier molecular flexibility index (Phi) is 5.65. The van der Waals surface area contributed by atoms with E-state index < -0.39 is 0 Å². The zero-order valence-corrected chi connectivity index (χ0v) is 14.5. The summed E-state index contributed by atoms with van der Waals surface area (Å²) >= 11 is 3.84. The molecule has 2 aliphatic rings. The number of amides is 1. The number of piperidine rings is 1. The van der Waals surface area contributed by atoms with E-state index in [1.807, 2.05) is 30.6 Å². The molecule has 6 nitrogen and oxygen atoms in total. The van der Waals surface area contributed by atoms with Crippen molar-refractivity contribution in [2.75, 3.05) is 35.7 Å². The van der Waals surface area contributed by atoms with Crippen molar-refractivity contribution in [1.82, 2.24) is 20.1 Å². The molecule has 122 valence electrons. The minimum absolute atomic E-state index is 0.0485. The first-order valence-electron chi connectivity index (χ1n) is 7.83. The molecule has 1 aromatic rings. The molecule has 1 unspecified atom stereocenters.